The molecule has 9 nitrogen and oxygen atoms in total. The zero-order valence-corrected chi connectivity index (χ0v) is 18.7. The number of aromatic nitrogens is 3. The predicted molar refractivity (Wildman–Crippen MR) is 118 cm³/mol. The van der Waals surface area contributed by atoms with Crippen LogP contribution >= 0.6 is 0 Å². The predicted octanol–water partition coefficient (Wildman–Crippen LogP) is 3.03. The molecule has 1 aliphatic rings. The molecule has 0 spiro atoms. The number of likely N-dealkylation sites (tertiary alicyclic amines) is 1. The van der Waals surface area contributed by atoms with Crippen LogP contribution in [0.25, 0.3) is 11.1 Å². The van der Waals surface area contributed by atoms with Crippen molar-refractivity contribution >= 4 is 11.8 Å². The van der Waals surface area contributed by atoms with Crippen LogP contribution in [-0.2, 0) is 11.2 Å². The van der Waals surface area contributed by atoms with Crippen molar-refractivity contribution in [1.82, 2.24) is 20.1 Å². The highest BCUT2D eigenvalue weighted by molar-refractivity contribution is 5.96. The molecule has 1 fully saturated rings. The third-order valence-corrected chi connectivity index (χ3v) is 5.56. The van der Waals surface area contributed by atoms with Crippen LogP contribution in [0.15, 0.2) is 48.9 Å². The molecule has 2 aromatic heterocycles. The maximum absolute atomic E-state index is 14.9. The number of carbonyl (C=O) groups is 2. The van der Waals surface area contributed by atoms with Gasteiger partial charge in [0.05, 0.1) is 19.2 Å². The first-order chi connectivity index (χ1) is 17.1. The number of hydrogen-bond donors (Lipinski definition) is 2. The molecule has 1 aliphatic heterocycles. The maximum atomic E-state index is 14.9. The van der Waals surface area contributed by atoms with E-state index >= 15 is 0 Å². The molecule has 1 aromatic carbocycles. The summed E-state index contributed by atoms with van der Waals surface area (Å²) in [6, 6.07) is 6.37. The monoisotopic (exact) mass is 507 g/mol. The Kier molecular flexibility index (Phi) is 7.08. The highest BCUT2D eigenvalue weighted by Gasteiger charge is 2.34. The van der Waals surface area contributed by atoms with Gasteiger partial charge in [0.2, 0.25) is 11.8 Å². The van der Waals surface area contributed by atoms with Crippen LogP contribution in [0, 0.1) is 0 Å². The molecule has 1 saturated heterocycles. The molecule has 4 rings (SSSR count). The van der Waals surface area contributed by atoms with Crippen molar-refractivity contribution in [2.75, 3.05) is 13.1 Å². The van der Waals surface area contributed by atoms with E-state index in [1.54, 1.807) is 6.20 Å². The smallest absolute Gasteiger partial charge is 0.471 e. The molecule has 3 N–H and O–H groups in total. The normalized spacial score (nSPS) is 18.1. The number of ether oxygens (including phenoxy) is 2. The second-order valence-corrected chi connectivity index (χ2v) is 8.10. The average Bonchev–Trinajstić information content (AvgIpc) is 3.36. The second-order valence-electron chi connectivity index (χ2n) is 8.10. The Labute approximate surface area is 202 Å². The molecular formula is C23H21F4N5O4. The van der Waals surface area contributed by atoms with Gasteiger partial charge in [0.25, 0.3) is 5.91 Å². The standard InChI is InChI=1S/C23H21F4N5O4/c24-18-12-32(20(33)7-13-1-3-16(4-2-13)36-23(25,26)27)6-5-19(18)35-22-17(21(28)34)8-14(9-29-22)15-10-30-31-11-15/h1-4,8-11,18-19H,5-7,12H2,(H2,28,34)(H,30,31)/t18-,19+/m1/s1. The molecule has 0 unspecified atom stereocenters. The van der Waals surface area contributed by atoms with E-state index in [9.17, 15) is 27.2 Å². The molecule has 2 amide bonds. The van der Waals surface area contributed by atoms with Gasteiger partial charge in [0.1, 0.15) is 17.4 Å². The van der Waals surface area contributed by atoms with Gasteiger partial charge in [0, 0.05) is 36.5 Å². The number of alkyl halides is 4. The molecule has 2 atom stereocenters. The molecule has 0 radical (unpaired) electrons. The Balaban J connectivity index is 1.36. The Morgan fingerprint density at radius 1 is 1.17 bits per heavy atom. The van der Waals surface area contributed by atoms with Gasteiger partial charge in [-0.1, -0.05) is 12.1 Å². The number of benzene rings is 1. The lowest BCUT2D eigenvalue weighted by Crippen LogP contribution is -2.49. The molecule has 13 heteroatoms. The lowest BCUT2D eigenvalue weighted by molar-refractivity contribution is -0.274. The minimum atomic E-state index is -4.81. The zero-order valence-electron chi connectivity index (χ0n) is 18.7. The van der Waals surface area contributed by atoms with Crippen molar-refractivity contribution in [3.63, 3.8) is 0 Å². The fourth-order valence-corrected chi connectivity index (χ4v) is 3.77. The highest BCUT2D eigenvalue weighted by atomic mass is 19.4. The summed E-state index contributed by atoms with van der Waals surface area (Å²) in [5.41, 5.74) is 7.14. The number of rotatable bonds is 7. The van der Waals surface area contributed by atoms with Gasteiger partial charge in [-0.05, 0) is 23.8 Å². The van der Waals surface area contributed by atoms with E-state index < -0.39 is 30.3 Å². The third kappa shape index (κ3) is 6.09. The summed E-state index contributed by atoms with van der Waals surface area (Å²) in [6.07, 6.45) is -2.73. The summed E-state index contributed by atoms with van der Waals surface area (Å²) in [5, 5.41) is 6.48. The van der Waals surface area contributed by atoms with Crippen LogP contribution in [0.5, 0.6) is 11.6 Å². The average molecular weight is 507 g/mol. The fourth-order valence-electron chi connectivity index (χ4n) is 3.77. The van der Waals surface area contributed by atoms with Crippen molar-refractivity contribution in [3.8, 4) is 22.8 Å². The third-order valence-electron chi connectivity index (χ3n) is 5.56. The van der Waals surface area contributed by atoms with Crippen LogP contribution in [0.4, 0.5) is 17.6 Å². The van der Waals surface area contributed by atoms with Gasteiger partial charge < -0.3 is 20.1 Å². The summed E-state index contributed by atoms with van der Waals surface area (Å²) in [5.74, 6) is -1.69. The van der Waals surface area contributed by atoms with E-state index in [4.69, 9.17) is 10.5 Å². The molecule has 190 valence electrons. The Morgan fingerprint density at radius 2 is 1.92 bits per heavy atom. The summed E-state index contributed by atoms with van der Waals surface area (Å²) in [7, 11) is 0. The number of nitrogens with two attached hydrogens (primary N) is 1. The summed E-state index contributed by atoms with van der Waals surface area (Å²) in [6.45, 7) is -0.0734. The summed E-state index contributed by atoms with van der Waals surface area (Å²) in [4.78, 5) is 30.0. The van der Waals surface area contributed by atoms with Crippen LogP contribution in [-0.4, -0.2) is 63.6 Å². The van der Waals surface area contributed by atoms with Gasteiger partial charge in [-0.3, -0.25) is 14.7 Å². The van der Waals surface area contributed by atoms with Crippen molar-refractivity contribution in [2.45, 2.75) is 31.5 Å². The number of halogens is 4. The molecule has 3 heterocycles. The number of piperidine rings is 1. The number of aromatic amines is 1. The van der Waals surface area contributed by atoms with Crippen LogP contribution in [0.2, 0.25) is 0 Å². The lowest BCUT2D eigenvalue weighted by atomic mass is 10.0. The Bertz CT molecular complexity index is 1220. The van der Waals surface area contributed by atoms with E-state index in [1.807, 2.05) is 0 Å². The highest BCUT2D eigenvalue weighted by Crippen LogP contribution is 2.27. The Morgan fingerprint density at radius 3 is 2.53 bits per heavy atom. The van der Waals surface area contributed by atoms with E-state index in [0.29, 0.717) is 16.7 Å². The van der Waals surface area contributed by atoms with Gasteiger partial charge in [0.15, 0.2) is 6.17 Å². The number of hydrogen-bond acceptors (Lipinski definition) is 6. The van der Waals surface area contributed by atoms with Crippen molar-refractivity contribution < 1.29 is 36.6 Å². The lowest BCUT2D eigenvalue weighted by Gasteiger charge is -2.34. The van der Waals surface area contributed by atoms with Crippen LogP contribution in [0.1, 0.15) is 22.3 Å². The molecule has 0 aliphatic carbocycles. The summed E-state index contributed by atoms with van der Waals surface area (Å²) >= 11 is 0. The first kappa shape index (κ1) is 24.9. The minimum absolute atomic E-state index is 0.0163. The fraction of sp³-hybridized carbons (Fsp3) is 0.304. The van der Waals surface area contributed by atoms with E-state index in [1.165, 1.54) is 35.5 Å². The largest absolute Gasteiger partial charge is 0.573 e. The topological polar surface area (TPSA) is 123 Å². The van der Waals surface area contributed by atoms with Crippen LogP contribution < -0.4 is 15.2 Å². The number of primary amides is 1. The van der Waals surface area contributed by atoms with Crippen molar-refractivity contribution in [1.29, 1.82) is 0 Å². The minimum Gasteiger partial charge on any atom is -0.471 e. The van der Waals surface area contributed by atoms with E-state index in [2.05, 4.69) is 19.9 Å². The van der Waals surface area contributed by atoms with E-state index in [0.717, 1.165) is 12.1 Å². The summed E-state index contributed by atoms with van der Waals surface area (Å²) < 4.78 is 61.2. The molecule has 36 heavy (non-hydrogen) atoms. The molecule has 3 aromatic rings. The zero-order chi connectivity index (χ0) is 25.9. The van der Waals surface area contributed by atoms with Gasteiger partial charge in [-0.2, -0.15) is 5.10 Å². The first-order valence-corrected chi connectivity index (χ1v) is 10.8. The van der Waals surface area contributed by atoms with Gasteiger partial charge >= 0.3 is 6.36 Å². The van der Waals surface area contributed by atoms with Gasteiger partial charge in [-0.25, -0.2) is 9.37 Å². The Hall–Kier alpha value is -4.16. The van der Waals surface area contributed by atoms with E-state index in [-0.39, 0.29) is 43.3 Å². The van der Waals surface area contributed by atoms with Gasteiger partial charge in [-0.15, -0.1) is 13.2 Å². The quantitative estimate of drug-likeness (QED) is 0.474. The first-order valence-electron chi connectivity index (χ1n) is 10.8. The number of carbonyl (C=O) groups excluding carboxylic acids is 2. The SMILES string of the molecule is NC(=O)c1cc(-c2cn[nH]c2)cnc1O[C@H]1CCN(C(=O)Cc2ccc(OC(F)(F)F)cc2)C[C@H]1F. The maximum Gasteiger partial charge on any atom is 0.573 e. The number of H-pyrrole nitrogens is 1. The van der Waals surface area contributed by atoms with Crippen molar-refractivity contribution in [3.05, 3.63) is 60.0 Å². The van der Waals surface area contributed by atoms with Crippen molar-refractivity contribution in [2.24, 2.45) is 5.73 Å². The van der Waals surface area contributed by atoms with Crippen LogP contribution in [0.3, 0.4) is 0 Å². The number of amides is 2. The molecule has 0 saturated carbocycles. The number of pyridine rings is 1. The number of nitrogens with zero attached hydrogens (tertiary/aromatic N) is 3. The molecular weight excluding hydrogens is 486 g/mol. The molecule has 0 bridgehead atoms. The number of nitrogens with one attached hydrogen (secondary N) is 1. The second kappa shape index (κ2) is 10.2.